The number of hydrogen-bond acceptors (Lipinski definition) is 3. The van der Waals surface area contributed by atoms with E-state index in [1.807, 2.05) is 7.05 Å². The molecular formula is C12H15ClF3N3. The molecule has 0 radical (unpaired) electrons. The second kappa shape index (κ2) is 5.54. The summed E-state index contributed by atoms with van der Waals surface area (Å²) in [6.45, 7) is 2.69. The highest BCUT2D eigenvalue weighted by Gasteiger charge is 2.31. The molecule has 0 spiro atoms. The molecule has 0 bridgehead atoms. The van der Waals surface area contributed by atoms with E-state index in [9.17, 15) is 13.2 Å². The fraction of sp³-hybridized carbons (Fsp3) is 0.583. The van der Waals surface area contributed by atoms with Gasteiger partial charge in [0, 0.05) is 19.3 Å². The van der Waals surface area contributed by atoms with Gasteiger partial charge in [0.15, 0.2) is 0 Å². The zero-order chi connectivity index (χ0) is 14.0. The molecule has 1 atom stereocenters. The van der Waals surface area contributed by atoms with Gasteiger partial charge in [-0.3, -0.25) is 0 Å². The number of rotatable bonds is 3. The molecule has 106 valence electrons. The molecule has 19 heavy (non-hydrogen) atoms. The van der Waals surface area contributed by atoms with Crippen LogP contribution in [0.4, 0.5) is 19.0 Å². The van der Waals surface area contributed by atoms with Crippen LogP contribution in [0.25, 0.3) is 0 Å². The molecule has 1 aromatic heterocycles. The molecule has 7 heteroatoms. The van der Waals surface area contributed by atoms with Gasteiger partial charge in [-0.2, -0.15) is 13.2 Å². The minimum absolute atomic E-state index is 0.00109. The summed E-state index contributed by atoms with van der Waals surface area (Å²) in [5.41, 5.74) is -0.830. The molecule has 2 rings (SSSR count). The lowest BCUT2D eigenvalue weighted by Crippen LogP contribution is -2.19. The highest BCUT2D eigenvalue weighted by atomic mass is 35.5. The van der Waals surface area contributed by atoms with Gasteiger partial charge in [-0.15, -0.1) is 0 Å². The molecule has 3 nitrogen and oxygen atoms in total. The molecule has 1 saturated heterocycles. The Morgan fingerprint density at radius 2 is 2.26 bits per heavy atom. The second-order valence-electron chi connectivity index (χ2n) is 4.85. The van der Waals surface area contributed by atoms with Gasteiger partial charge in [0.2, 0.25) is 0 Å². The Kier molecular flexibility index (Phi) is 4.20. The van der Waals surface area contributed by atoms with Crippen molar-refractivity contribution in [3.8, 4) is 0 Å². The topological polar surface area (TPSA) is 28.2 Å². The lowest BCUT2D eigenvalue weighted by atomic mass is 10.1. The van der Waals surface area contributed by atoms with Crippen molar-refractivity contribution >= 4 is 17.4 Å². The lowest BCUT2D eigenvalue weighted by Gasteiger charge is -2.14. The number of likely N-dealkylation sites (tertiary alicyclic amines) is 1. The summed E-state index contributed by atoms with van der Waals surface area (Å²) < 4.78 is 37.3. The SMILES string of the molecule is CN1CCC(CNc2ncc(C(F)(F)F)cc2Cl)C1. The summed E-state index contributed by atoms with van der Waals surface area (Å²) in [4.78, 5) is 5.96. The first-order valence-corrected chi connectivity index (χ1v) is 6.39. The first kappa shape index (κ1) is 14.4. The van der Waals surface area contributed by atoms with E-state index in [0.717, 1.165) is 31.8 Å². The third kappa shape index (κ3) is 3.73. The highest BCUT2D eigenvalue weighted by Crippen LogP contribution is 2.32. The van der Waals surface area contributed by atoms with E-state index in [0.29, 0.717) is 18.3 Å². The van der Waals surface area contributed by atoms with Gasteiger partial charge in [-0.05, 0) is 32.0 Å². The van der Waals surface area contributed by atoms with E-state index in [1.165, 1.54) is 0 Å². The predicted octanol–water partition coefficient (Wildman–Crippen LogP) is 3.12. The number of nitrogens with zero attached hydrogens (tertiary/aromatic N) is 2. The Balaban J connectivity index is 1.98. The van der Waals surface area contributed by atoms with Gasteiger partial charge in [-0.25, -0.2) is 4.98 Å². The highest BCUT2D eigenvalue weighted by molar-refractivity contribution is 6.32. The van der Waals surface area contributed by atoms with Gasteiger partial charge < -0.3 is 10.2 Å². The number of aromatic nitrogens is 1. The van der Waals surface area contributed by atoms with E-state index in [2.05, 4.69) is 15.2 Å². The fourth-order valence-electron chi connectivity index (χ4n) is 2.16. The summed E-state index contributed by atoms with van der Waals surface area (Å²) in [5.74, 6) is 0.786. The van der Waals surface area contributed by atoms with Gasteiger partial charge in [0.25, 0.3) is 0 Å². The van der Waals surface area contributed by atoms with E-state index >= 15 is 0 Å². The van der Waals surface area contributed by atoms with E-state index in [4.69, 9.17) is 11.6 Å². The predicted molar refractivity (Wildman–Crippen MR) is 68.3 cm³/mol. The maximum atomic E-state index is 12.4. The monoisotopic (exact) mass is 293 g/mol. The van der Waals surface area contributed by atoms with Crippen LogP contribution in [0.5, 0.6) is 0 Å². The fourth-order valence-corrected chi connectivity index (χ4v) is 2.39. The molecule has 2 heterocycles. The zero-order valence-corrected chi connectivity index (χ0v) is 11.2. The van der Waals surface area contributed by atoms with Gasteiger partial charge in [0.1, 0.15) is 5.82 Å². The Labute approximate surface area is 114 Å². The van der Waals surface area contributed by atoms with Crippen LogP contribution >= 0.6 is 11.6 Å². The van der Waals surface area contributed by atoms with E-state index in [1.54, 1.807) is 0 Å². The van der Waals surface area contributed by atoms with Crippen molar-refractivity contribution in [3.63, 3.8) is 0 Å². The average Bonchev–Trinajstić information content (AvgIpc) is 2.72. The molecule has 1 unspecified atom stereocenters. The van der Waals surface area contributed by atoms with Crippen LogP contribution in [0.3, 0.4) is 0 Å². The number of hydrogen-bond donors (Lipinski definition) is 1. The molecule has 1 aliphatic rings. The quantitative estimate of drug-likeness (QED) is 0.928. The van der Waals surface area contributed by atoms with Crippen molar-refractivity contribution in [1.82, 2.24) is 9.88 Å². The summed E-state index contributed by atoms with van der Waals surface area (Å²) in [6.07, 6.45) is -2.54. The number of nitrogens with one attached hydrogen (secondary N) is 1. The zero-order valence-electron chi connectivity index (χ0n) is 10.5. The number of anilines is 1. The number of pyridine rings is 1. The van der Waals surface area contributed by atoms with Crippen molar-refractivity contribution in [2.24, 2.45) is 5.92 Å². The minimum Gasteiger partial charge on any atom is -0.369 e. The normalized spacial score (nSPS) is 20.8. The van der Waals surface area contributed by atoms with E-state index in [-0.39, 0.29) is 5.02 Å². The molecule has 0 aliphatic carbocycles. The smallest absolute Gasteiger partial charge is 0.369 e. The Morgan fingerprint density at radius 3 is 2.79 bits per heavy atom. The summed E-state index contributed by atoms with van der Waals surface area (Å²) >= 11 is 5.81. The van der Waals surface area contributed by atoms with Crippen LogP contribution < -0.4 is 5.32 Å². The molecule has 0 aromatic carbocycles. The van der Waals surface area contributed by atoms with Crippen LogP contribution in [-0.2, 0) is 6.18 Å². The Morgan fingerprint density at radius 1 is 1.53 bits per heavy atom. The third-order valence-corrected chi connectivity index (χ3v) is 3.50. The van der Waals surface area contributed by atoms with Gasteiger partial charge in [-0.1, -0.05) is 11.6 Å². The minimum atomic E-state index is -4.41. The summed E-state index contributed by atoms with van der Waals surface area (Å²) in [7, 11) is 2.04. The molecule has 0 amide bonds. The lowest BCUT2D eigenvalue weighted by molar-refractivity contribution is -0.137. The number of alkyl halides is 3. The van der Waals surface area contributed by atoms with Crippen molar-refractivity contribution in [1.29, 1.82) is 0 Å². The molecule has 1 aromatic rings. The maximum absolute atomic E-state index is 12.4. The average molecular weight is 294 g/mol. The summed E-state index contributed by atoms with van der Waals surface area (Å²) in [6, 6.07) is 0.900. The number of halogens is 4. The first-order chi connectivity index (χ1) is 8.86. The Hall–Kier alpha value is -1.01. The van der Waals surface area contributed by atoms with Gasteiger partial charge >= 0.3 is 6.18 Å². The Bertz CT molecular complexity index is 450. The van der Waals surface area contributed by atoms with Crippen LogP contribution in [0.2, 0.25) is 5.02 Å². The van der Waals surface area contributed by atoms with E-state index < -0.39 is 11.7 Å². The van der Waals surface area contributed by atoms with Crippen LogP contribution in [0, 0.1) is 5.92 Å². The van der Waals surface area contributed by atoms with Crippen LogP contribution in [-0.4, -0.2) is 36.6 Å². The van der Waals surface area contributed by atoms with Crippen LogP contribution in [0.1, 0.15) is 12.0 Å². The molecule has 1 fully saturated rings. The maximum Gasteiger partial charge on any atom is 0.417 e. The standard InChI is InChI=1S/C12H15ClF3N3/c1-19-3-2-8(7-19)5-17-11-10(13)4-9(6-18-11)12(14,15)16/h4,6,8H,2-3,5,7H2,1H3,(H,17,18). The molecule has 0 saturated carbocycles. The van der Waals surface area contributed by atoms with Crippen molar-refractivity contribution in [2.75, 3.05) is 32.0 Å². The molecule has 1 N–H and O–H groups in total. The largest absolute Gasteiger partial charge is 0.417 e. The van der Waals surface area contributed by atoms with Crippen molar-refractivity contribution in [3.05, 3.63) is 22.8 Å². The van der Waals surface area contributed by atoms with Crippen molar-refractivity contribution in [2.45, 2.75) is 12.6 Å². The molecule has 1 aliphatic heterocycles. The molecular weight excluding hydrogens is 279 g/mol. The third-order valence-electron chi connectivity index (χ3n) is 3.22. The van der Waals surface area contributed by atoms with Crippen LogP contribution in [0.15, 0.2) is 12.3 Å². The van der Waals surface area contributed by atoms with Gasteiger partial charge in [0.05, 0.1) is 10.6 Å². The van der Waals surface area contributed by atoms with Crippen molar-refractivity contribution < 1.29 is 13.2 Å². The second-order valence-corrected chi connectivity index (χ2v) is 5.26. The summed E-state index contributed by atoms with van der Waals surface area (Å²) in [5, 5.41) is 3.02. The first-order valence-electron chi connectivity index (χ1n) is 6.01.